The summed E-state index contributed by atoms with van der Waals surface area (Å²) in [4.78, 5) is 38.9. The summed E-state index contributed by atoms with van der Waals surface area (Å²) < 4.78 is 0. The Morgan fingerprint density at radius 3 is 2.76 bits per heavy atom. The van der Waals surface area contributed by atoms with Crippen molar-refractivity contribution >= 4 is 17.8 Å². The van der Waals surface area contributed by atoms with Gasteiger partial charge in [-0.2, -0.15) is 0 Å². The van der Waals surface area contributed by atoms with Crippen LogP contribution in [0.25, 0.3) is 0 Å². The summed E-state index contributed by atoms with van der Waals surface area (Å²) in [6, 6.07) is 7.22. The lowest BCUT2D eigenvalue weighted by atomic mass is 9.76. The second-order valence-electron chi connectivity index (χ2n) is 7.52. The average Bonchev–Trinajstić information content (AvgIpc) is 2.80. The highest BCUT2D eigenvalue weighted by Gasteiger charge is 2.54. The molecule has 1 fully saturated rings. The van der Waals surface area contributed by atoms with E-state index in [1.54, 1.807) is 0 Å². The number of benzene rings is 1. The molecule has 6 heteroatoms. The SMILES string of the molecule is CCC(C)(C)NC(=O)CN1C(=O)N[C@]2(CCCc3ccccc32)C1=O. The van der Waals surface area contributed by atoms with Crippen LogP contribution in [0.5, 0.6) is 0 Å². The Bertz CT molecular complexity index is 728. The van der Waals surface area contributed by atoms with Crippen molar-refractivity contribution in [2.45, 2.75) is 57.5 Å². The number of hydrogen-bond donors (Lipinski definition) is 2. The second-order valence-corrected chi connectivity index (χ2v) is 7.52. The van der Waals surface area contributed by atoms with Crippen LogP contribution < -0.4 is 10.6 Å². The van der Waals surface area contributed by atoms with E-state index in [0.717, 1.165) is 35.3 Å². The van der Waals surface area contributed by atoms with Gasteiger partial charge in [-0.25, -0.2) is 4.79 Å². The molecule has 134 valence electrons. The highest BCUT2D eigenvalue weighted by molar-refractivity contribution is 6.09. The summed E-state index contributed by atoms with van der Waals surface area (Å²) in [5.41, 5.74) is 0.551. The zero-order valence-electron chi connectivity index (χ0n) is 15.0. The number of urea groups is 1. The molecule has 6 nitrogen and oxygen atoms in total. The number of carbonyl (C=O) groups is 3. The zero-order chi connectivity index (χ0) is 18.2. The maximum Gasteiger partial charge on any atom is 0.325 e. The van der Waals surface area contributed by atoms with E-state index in [0.29, 0.717) is 6.42 Å². The summed E-state index contributed by atoms with van der Waals surface area (Å²) in [7, 11) is 0. The first-order valence-corrected chi connectivity index (χ1v) is 8.82. The Labute approximate surface area is 148 Å². The number of amides is 4. The predicted molar refractivity (Wildman–Crippen MR) is 93.8 cm³/mol. The normalized spacial score (nSPS) is 22.8. The van der Waals surface area contributed by atoms with E-state index in [9.17, 15) is 14.4 Å². The van der Waals surface area contributed by atoms with E-state index < -0.39 is 11.6 Å². The number of nitrogens with one attached hydrogen (secondary N) is 2. The molecule has 1 saturated heterocycles. The van der Waals surface area contributed by atoms with E-state index in [2.05, 4.69) is 10.6 Å². The van der Waals surface area contributed by atoms with Gasteiger partial charge in [0, 0.05) is 5.54 Å². The van der Waals surface area contributed by atoms with Gasteiger partial charge >= 0.3 is 6.03 Å². The number of fused-ring (bicyclic) bond motifs is 2. The Morgan fingerprint density at radius 2 is 2.04 bits per heavy atom. The van der Waals surface area contributed by atoms with Gasteiger partial charge in [-0.1, -0.05) is 31.2 Å². The van der Waals surface area contributed by atoms with Crippen molar-refractivity contribution in [3.05, 3.63) is 35.4 Å². The quantitative estimate of drug-likeness (QED) is 0.822. The van der Waals surface area contributed by atoms with Gasteiger partial charge in [0.25, 0.3) is 5.91 Å². The van der Waals surface area contributed by atoms with Crippen LogP contribution in [0.3, 0.4) is 0 Å². The molecule has 1 aromatic rings. The molecular formula is C19H25N3O3. The van der Waals surface area contributed by atoms with Crippen molar-refractivity contribution in [1.29, 1.82) is 0 Å². The largest absolute Gasteiger partial charge is 0.350 e. The third-order valence-corrected chi connectivity index (χ3v) is 5.31. The molecule has 25 heavy (non-hydrogen) atoms. The van der Waals surface area contributed by atoms with Crippen LogP contribution in [0.4, 0.5) is 4.79 Å². The molecule has 1 heterocycles. The molecule has 1 aromatic carbocycles. The fourth-order valence-corrected chi connectivity index (χ4v) is 3.60. The maximum atomic E-state index is 13.1. The number of nitrogens with zero attached hydrogens (tertiary/aromatic N) is 1. The van der Waals surface area contributed by atoms with Crippen LogP contribution in [0.1, 0.15) is 51.2 Å². The highest BCUT2D eigenvalue weighted by atomic mass is 16.2. The minimum Gasteiger partial charge on any atom is -0.350 e. The molecule has 0 saturated carbocycles. The van der Waals surface area contributed by atoms with E-state index in [-0.39, 0.29) is 23.9 Å². The van der Waals surface area contributed by atoms with Crippen LogP contribution >= 0.6 is 0 Å². The van der Waals surface area contributed by atoms with Crippen molar-refractivity contribution in [1.82, 2.24) is 15.5 Å². The molecule has 3 rings (SSSR count). The molecule has 0 radical (unpaired) electrons. The second kappa shape index (κ2) is 6.17. The van der Waals surface area contributed by atoms with E-state index in [1.807, 2.05) is 45.0 Å². The molecule has 1 aliphatic heterocycles. The van der Waals surface area contributed by atoms with Gasteiger partial charge in [0.15, 0.2) is 0 Å². The molecule has 2 N–H and O–H groups in total. The minimum atomic E-state index is -1.02. The number of rotatable bonds is 4. The number of aryl methyl sites for hydroxylation is 1. The van der Waals surface area contributed by atoms with Crippen molar-refractivity contribution in [3.63, 3.8) is 0 Å². The van der Waals surface area contributed by atoms with E-state index in [1.165, 1.54) is 0 Å². The molecule has 1 spiro atoms. The Kier molecular flexibility index (Phi) is 4.31. The van der Waals surface area contributed by atoms with Crippen LogP contribution in [0.15, 0.2) is 24.3 Å². The first-order chi connectivity index (χ1) is 11.8. The summed E-state index contributed by atoms with van der Waals surface area (Å²) >= 11 is 0. The monoisotopic (exact) mass is 343 g/mol. The molecule has 1 atom stereocenters. The molecule has 2 aliphatic rings. The topological polar surface area (TPSA) is 78.5 Å². The van der Waals surface area contributed by atoms with Crippen LogP contribution in [-0.2, 0) is 21.5 Å². The van der Waals surface area contributed by atoms with E-state index in [4.69, 9.17) is 0 Å². The maximum absolute atomic E-state index is 13.1. The fraction of sp³-hybridized carbons (Fsp3) is 0.526. The first-order valence-electron chi connectivity index (χ1n) is 8.82. The fourth-order valence-electron chi connectivity index (χ4n) is 3.60. The van der Waals surface area contributed by atoms with Gasteiger partial charge in [-0.05, 0) is 50.7 Å². The summed E-state index contributed by atoms with van der Waals surface area (Å²) in [5, 5.41) is 5.74. The van der Waals surface area contributed by atoms with Gasteiger partial charge in [0.2, 0.25) is 5.91 Å². The minimum absolute atomic E-state index is 0.252. The standard InChI is InChI=1S/C19H25N3O3/c1-4-18(2,3)20-15(23)12-22-16(24)19(21-17(22)25)11-7-9-13-8-5-6-10-14(13)19/h5-6,8,10H,4,7,9,11-12H2,1-3H3,(H,20,23)(H,21,25)/t19-/m0/s1. The lowest BCUT2D eigenvalue weighted by Crippen LogP contribution is -2.49. The molecule has 0 bridgehead atoms. The van der Waals surface area contributed by atoms with Gasteiger partial charge in [-0.15, -0.1) is 0 Å². The van der Waals surface area contributed by atoms with Crippen molar-refractivity contribution in [2.75, 3.05) is 6.54 Å². The summed E-state index contributed by atoms with van der Waals surface area (Å²) in [5.74, 6) is -0.648. The van der Waals surface area contributed by atoms with Gasteiger partial charge < -0.3 is 10.6 Å². The third kappa shape index (κ3) is 3.01. The molecular weight excluding hydrogens is 318 g/mol. The molecule has 4 amide bonds. The Morgan fingerprint density at radius 1 is 1.32 bits per heavy atom. The molecule has 1 aliphatic carbocycles. The summed E-state index contributed by atoms with van der Waals surface area (Å²) in [6.45, 7) is 5.55. The van der Waals surface area contributed by atoms with Gasteiger partial charge in [0.05, 0.1) is 0 Å². The highest BCUT2D eigenvalue weighted by Crippen LogP contribution is 2.39. The lowest BCUT2D eigenvalue weighted by molar-refractivity contribution is -0.136. The van der Waals surface area contributed by atoms with Crippen LogP contribution in [-0.4, -0.2) is 34.8 Å². The van der Waals surface area contributed by atoms with Crippen molar-refractivity contribution in [2.24, 2.45) is 0 Å². The Hall–Kier alpha value is -2.37. The van der Waals surface area contributed by atoms with Crippen LogP contribution in [0.2, 0.25) is 0 Å². The Balaban J connectivity index is 1.83. The van der Waals surface area contributed by atoms with Crippen molar-refractivity contribution in [3.8, 4) is 0 Å². The smallest absolute Gasteiger partial charge is 0.325 e. The van der Waals surface area contributed by atoms with Gasteiger partial charge in [-0.3, -0.25) is 14.5 Å². The number of hydrogen-bond acceptors (Lipinski definition) is 3. The summed E-state index contributed by atoms with van der Waals surface area (Å²) in [6.07, 6.45) is 3.04. The zero-order valence-corrected chi connectivity index (χ0v) is 15.0. The number of imide groups is 1. The number of carbonyl (C=O) groups excluding carboxylic acids is 3. The molecule has 0 unspecified atom stereocenters. The van der Waals surface area contributed by atoms with Crippen molar-refractivity contribution < 1.29 is 14.4 Å². The lowest BCUT2D eigenvalue weighted by Gasteiger charge is -2.33. The van der Waals surface area contributed by atoms with E-state index >= 15 is 0 Å². The van der Waals surface area contributed by atoms with Crippen LogP contribution in [0, 0.1) is 0 Å². The molecule has 0 aromatic heterocycles. The van der Waals surface area contributed by atoms with Gasteiger partial charge in [0.1, 0.15) is 12.1 Å². The first kappa shape index (κ1) is 17.5. The average molecular weight is 343 g/mol. The third-order valence-electron chi connectivity index (χ3n) is 5.31. The predicted octanol–water partition coefficient (Wildman–Crippen LogP) is 2.07.